The van der Waals surface area contributed by atoms with Crippen LogP contribution in [0.1, 0.15) is 12.5 Å². The van der Waals surface area contributed by atoms with Gasteiger partial charge in [0, 0.05) is 5.56 Å². The Morgan fingerprint density at radius 1 is 1.42 bits per heavy atom. The highest BCUT2D eigenvalue weighted by Crippen LogP contribution is 2.22. The number of rotatable bonds is 5. The van der Waals surface area contributed by atoms with Crippen molar-refractivity contribution in [3.05, 3.63) is 29.8 Å². The summed E-state index contributed by atoms with van der Waals surface area (Å²) in [6, 6.07) is 5.29. The van der Waals surface area contributed by atoms with Gasteiger partial charge in [0.2, 0.25) is 0 Å². The molecular weight excluding hydrogens is 334 g/mol. The van der Waals surface area contributed by atoms with Crippen molar-refractivity contribution in [3.8, 4) is 12.3 Å². The van der Waals surface area contributed by atoms with Gasteiger partial charge in [0.15, 0.2) is 6.61 Å². The highest BCUT2D eigenvalue weighted by atomic mass is 32.2. The number of ether oxygens (including phenoxy) is 1. The minimum Gasteiger partial charge on any atom is -0.454 e. The van der Waals surface area contributed by atoms with Gasteiger partial charge in [-0.1, -0.05) is 18.1 Å². The summed E-state index contributed by atoms with van der Waals surface area (Å²) in [4.78, 5) is 27.3. The predicted molar refractivity (Wildman–Crippen MR) is 85.6 cm³/mol. The number of carbonyl (C=O) groups excluding carboxylic acids is 2. The fourth-order valence-electron chi connectivity index (χ4n) is 1.93. The SMILES string of the molecule is C#CCNC(=O)COC(=O)[C@@H](C)N=C1NS(=O)(=O)c2ccccc21. The first-order valence-corrected chi connectivity index (χ1v) is 8.40. The van der Waals surface area contributed by atoms with Crippen LogP contribution in [0.15, 0.2) is 34.2 Å². The van der Waals surface area contributed by atoms with Crippen LogP contribution in [0.4, 0.5) is 0 Å². The van der Waals surface area contributed by atoms with E-state index >= 15 is 0 Å². The quantitative estimate of drug-likeness (QED) is 0.545. The molecule has 0 saturated heterocycles. The topological polar surface area (TPSA) is 114 Å². The Labute approximate surface area is 139 Å². The average molecular weight is 349 g/mol. The van der Waals surface area contributed by atoms with E-state index in [0.717, 1.165) is 0 Å². The molecule has 0 fully saturated rings. The lowest BCUT2D eigenvalue weighted by Gasteiger charge is -2.08. The van der Waals surface area contributed by atoms with E-state index in [-0.39, 0.29) is 17.3 Å². The number of esters is 1. The van der Waals surface area contributed by atoms with Crippen LogP contribution < -0.4 is 10.0 Å². The third-order valence-electron chi connectivity index (χ3n) is 3.06. The van der Waals surface area contributed by atoms with Gasteiger partial charge in [0.25, 0.3) is 15.9 Å². The Morgan fingerprint density at radius 3 is 2.83 bits per heavy atom. The lowest BCUT2D eigenvalue weighted by Crippen LogP contribution is -2.32. The second-order valence-corrected chi connectivity index (χ2v) is 6.49. The number of hydrogen-bond acceptors (Lipinski definition) is 6. The summed E-state index contributed by atoms with van der Waals surface area (Å²) in [5.41, 5.74) is 0.379. The molecule has 2 N–H and O–H groups in total. The van der Waals surface area contributed by atoms with Crippen molar-refractivity contribution in [2.24, 2.45) is 4.99 Å². The number of amides is 1. The van der Waals surface area contributed by atoms with Crippen LogP contribution >= 0.6 is 0 Å². The van der Waals surface area contributed by atoms with Crippen LogP contribution in [-0.2, 0) is 24.3 Å². The number of nitrogens with zero attached hydrogens (tertiary/aromatic N) is 1. The minimum atomic E-state index is -3.68. The number of nitrogens with one attached hydrogen (secondary N) is 2. The number of terminal acetylenes is 1. The molecule has 1 atom stereocenters. The van der Waals surface area contributed by atoms with Gasteiger partial charge >= 0.3 is 5.97 Å². The lowest BCUT2D eigenvalue weighted by atomic mass is 10.2. The van der Waals surface area contributed by atoms with Crippen LogP contribution in [-0.4, -0.2) is 45.3 Å². The summed E-state index contributed by atoms with van der Waals surface area (Å²) in [7, 11) is -3.68. The number of fused-ring (bicyclic) bond motifs is 1. The molecule has 1 heterocycles. The van der Waals surface area contributed by atoms with Crippen LogP contribution in [0.2, 0.25) is 0 Å². The minimum absolute atomic E-state index is 0.0345. The average Bonchev–Trinajstić information content (AvgIpc) is 2.81. The summed E-state index contributed by atoms with van der Waals surface area (Å²) in [6.07, 6.45) is 4.99. The molecule has 0 spiro atoms. The fraction of sp³-hybridized carbons (Fsp3) is 0.267. The van der Waals surface area contributed by atoms with Crippen LogP contribution in [0.25, 0.3) is 0 Å². The largest absolute Gasteiger partial charge is 0.454 e. The second-order valence-electron chi connectivity index (χ2n) is 4.84. The van der Waals surface area contributed by atoms with Crippen LogP contribution in [0, 0.1) is 12.3 Å². The highest BCUT2D eigenvalue weighted by Gasteiger charge is 2.31. The number of benzene rings is 1. The second kappa shape index (κ2) is 7.14. The van der Waals surface area contributed by atoms with Crippen LogP contribution in [0.3, 0.4) is 0 Å². The van der Waals surface area contributed by atoms with Crippen molar-refractivity contribution < 1.29 is 22.7 Å². The zero-order chi connectivity index (χ0) is 17.7. The molecule has 1 aliphatic rings. The van der Waals surface area contributed by atoms with Gasteiger partial charge < -0.3 is 10.1 Å². The number of aliphatic imine (C=N–C) groups is 1. The van der Waals surface area contributed by atoms with Crippen LogP contribution in [0.5, 0.6) is 0 Å². The van der Waals surface area contributed by atoms with Crippen molar-refractivity contribution in [3.63, 3.8) is 0 Å². The third-order valence-corrected chi connectivity index (χ3v) is 4.46. The first kappa shape index (κ1) is 17.5. The Hall–Kier alpha value is -2.86. The molecule has 1 amide bonds. The van der Waals surface area contributed by atoms with Crippen molar-refractivity contribution in [1.82, 2.24) is 10.0 Å². The van der Waals surface area contributed by atoms with Crippen molar-refractivity contribution in [1.29, 1.82) is 0 Å². The van der Waals surface area contributed by atoms with E-state index in [1.165, 1.54) is 13.0 Å². The number of carbonyl (C=O) groups is 2. The summed E-state index contributed by atoms with van der Waals surface area (Å²) >= 11 is 0. The molecule has 1 aromatic rings. The van der Waals surface area contributed by atoms with E-state index < -0.39 is 34.5 Å². The molecule has 0 aliphatic carbocycles. The summed E-state index contributed by atoms with van der Waals surface area (Å²) in [6.45, 7) is 0.981. The van der Waals surface area contributed by atoms with E-state index in [0.29, 0.717) is 5.56 Å². The summed E-state index contributed by atoms with van der Waals surface area (Å²) in [5.74, 6) is 0.981. The van der Waals surface area contributed by atoms with Gasteiger partial charge in [0.1, 0.15) is 11.9 Å². The molecule has 8 nitrogen and oxygen atoms in total. The lowest BCUT2D eigenvalue weighted by molar-refractivity contribution is -0.149. The summed E-state index contributed by atoms with van der Waals surface area (Å²) in [5, 5.41) is 2.34. The van der Waals surface area contributed by atoms with E-state index in [1.54, 1.807) is 18.2 Å². The standard InChI is InChI=1S/C15H15N3O5S/c1-3-8-16-13(19)9-23-15(20)10(2)17-14-11-6-4-5-7-12(11)24(21,22)18-14/h1,4-7,10H,8-9H2,2H3,(H,16,19)(H,17,18)/t10-/m1/s1. The summed E-state index contributed by atoms with van der Waals surface area (Å²) < 4.78 is 31.0. The zero-order valence-corrected chi connectivity index (χ0v) is 13.6. The van der Waals surface area contributed by atoms with Crippen molar-refractivity contribution in [2.45, 2.75) is 17.9 Å². The monoisotopic (exact) mass is 349 g/mol. The zero-order valence-electron chi connectivity index (χ0n) is 12.8. The van der Waals surface area contributed by atoms with Gasteiger partial charge in [-0.15, -0.1) is 6.42 Å². The van der Waals surface area contributed by atoms with E-state index in [1.807, 2.05) is 0 Å². The normalized spacial score (nSPS) is 17.2. The molecule has 0 unspecified atom stereocenters. The molecule has 9 heteroatoms. The first-order chi connectivity index (χ1) is 11.3. The number of hydrogen-bond donors (Lipinski definition) is 2. The Kier molecular flexibility index (Phi) is 5.21. The van der Waals surface area contributed by atoms with Gasteiger partial charge in [-0.2, -0.15) is 0 Å². The molecule has 1 aliphatic heterocycles. The van der Waals surface area contributed by atoms with Gasteiger partial charge in [0.05, 0.1) is 11.4 Å². The smallest absolute Gasteiger partial charge is 0.331 e. The Morgan fingerprint density at radius 2 is 2.12 bits per heavy atom. The Bertz CT molecular complexity index is 839. The van der Waals surface area contributed by atoms with Gasteiger partial charge in [-0.3, -0.25) is 14.5 Å². The Balaban J connectivity index is 2.05. The number of sulfonamides is 1. The molecule has 1 aromatic carbocycles. The molecule has 0 saturated carbocycles. The highest BCUT2D eigenvalue weighted by molar-refractivity contribution is 7.90. The molecule has 0 aromatic heterocycles. The van der Waals surface area contributed by atoms with E-state index in [4.69, 9.17) is 11.2 Å². The molecule has 126 valence electrons. The maximum Gasteiger partial charge on any atom is 0.331 e. The third kappa shape index (κ3) is 3.91. The molecule has 0 radical (unpaired) electrons. The van der Waals surface area contributed by atoms with Crippen molar-refractivity contribution >= 4 is 27.7 Å². The van der Waals surface area contributed by atoms with Gasteiger partial charge in [-0.25, -0.2) is 13.2 Å². The van der Waals surface area contributed by atoms with Crippen molar-refractivity contribution in [2.75, 3.05) is 13.2 Å². The maximum absolute atomic E-state index is 12.0. The molecular formula is C15H15N3O5S. The van der Waals surface area contributed by atoms with E-state index in [2.05, 4.69) is 21.0 Å². The molecule has 0 bridgehead atoms. The maximum atomic E-state index is 12.0. The molecule has 2 rings (SSSR count). The first-order valence-electron chi connectivity index (χ1n) is 6.92. The molecule has 24 heavy (non-hydrogen) atoms. The fourth-order valence-corrected chi connectivity index (χ4v) is 3.17. The number of amidine groups is 1. The predicted octanol–water partition coefficient (Wildman–Crippen LogP) is -0.594. The van der Waals surface area contributed by atoms with E-state index in [9.17, 15) is 18.0 Å². The van der Waals surface area contributed by atoms with Gasteiger partial charge in [-0.05, 0) is 19.1 Å².